The van der Waals surface area contributed by atoms with Gasteiger partial charge in [-0.1, -0.05) is 36.4 Å². The molecule has 0 saturated carbocycles. The lowest BCUT2D eigenvalue weighted by Crippen LogP contribution is -2.38. The first-order valence-electron chi connectivity index (χ1n) is 7.00. The first-order valence-corrected chi connectivity index (χ1v) is 7.00. The van der Waals surface area contributed by atoms with Crippen LogP contribution >= 0.6 is 0 Å². The van der Waals surface area contributed by atoms with Crippen molar-refractivity contribution in [2.24, 2.45) is 5.73 Å². The Hall–Kier alpha value is -1.38. The van der Waals surface area contributed by atoms with Crippen LogP contribution in [0.2, 0.25) is 0 Å². The van der Waals surface area contributed by atoms with Crippen LogP contribution in [0.1, 0.15) is 36.9 Å². The van der Waals surface area contributed by atoms with Crippen LogP contribution in [-0.2, 0) is 4.74 Å². The number of rotatable bonds is 2. The summed E-state index contributed by atoms with van der Waals surface area (Å²) in [7, 11) is 0. The molecule has 0 aliphatic carbocycles. The first kappa shape index (κ1) is 12.6. The van der Waals surface area contributed by atoms with Crippen molar-refractivity contribution in [2.75, 3.05) is 6.61 Å². The molecular weight excluding hydrogens is 234 g/mol. The Kier molecular flexibility index (Phi) is 3.08. The van der Waals surface area contributed by atoms with Gasteiger partial charge < -0.3 is 10.5 Å². The molecule has 2 nitrogen and oxygen atoms in total. The summed E-state index contributed by atoms with van der Waals surface area (Å²) >= 11 is 0. The fraction of sp³-hybridized carbons (Fsp3) is 0.412. The summed E-state index contributed by atoms with van der Waals surface area (Å²) in [5.74, 6) is 0. The Morgan fingerprint density at radius 2 is 2.00 bits per heavy atom. The van der Waals surface area contributed by atoms with E-state index in [1.807, 2.05) is 0 Å². The number of benzene rings is 2. The van der Waals surface area contributed by atoms with Crippen molar-refractivity contribution < 1.29 is 4.74 Å². The van der Waals surface area contributed by atoms with E-state index in [2.05, 4.69) is 50.2 Å². The maximum atomic E-state index is 6.58. The third-order valence-corrected chi connectivity index (χ3v) is 4.41. The molecule has 2 aromatic carbocycles. The van der Waals surface area contributed by atoms with Crippen molar-refractivity contribution in [2.45, 2.75) is 38.3 Å². The van der Waals surface area contributed by atoms with Gasteiger partial charge in [0.2, 0.25) is 0 Å². The molecular formula is C17H21NO. The second-order valence-electron chi connectivity index (χ2n) is 5.76. The lowest BCUT2D eigenvalue weighted by molar-refractivity contribution is -0.00153. The van der Waals surface area contributed by atoms with Crippen molar-refractivity contribution in [1.82, 2.24) is 0 Å². The summed E-state index contributed by atoms with van der Waals surface area (Å²) in [5, 5.41) is 2.51. The van der Waals surface area contributed by atoms with Crippen molar-refractivity contribution in [3.05, 3.63) is 47.5 Å². The first-order chi connectivity index (χ1) is 9.12. The molecule has 1 aliphatic rings. The van der Waals surface area contributed by atoms with Gasteiger partial charge in [0.25, 0.3) is 0 Å². The average Bonchev–Trinajstić information content (AvgIpc) is 2.86. The Morgan fingerprint density at radius 1 is 1.21 bits per heavy atom. The van der Waals surface area contributed by atoms with Gasteiger partial charge in [0, 0.05) is 6.61 Å². The number of hydrogen-bond acceptors (Lipinski definition) is 2. The second-order valence-corrected chi connectivity index (χ2v) is 5.76. The van der Waals surface area contributed by atoms with E-state index in [4.69, 9.17) is 10.5 Å². The van der Waals surface area contributed by atoms with E-state index < -0.39 is 0 Å². The van der Waals surface area contributed by atoms with Crippen molar-refractivity contribution >= 4 is 10.8 Å². The van der Waals surface area contributed by atoms with E-state index in [0.717, 1.165) is 19.4 Å². The van der Waals surface area contributed by atoms with E-state index in [0.29, 0.717) is 0 Å². The van der Waals surface area contributed by atoms with Crippen molar-refractivity contribution in [3.63, 3.8) is 0 Å². The molecule has 0 bridgehead atoms. The fourth-order valence-electron chi connectivity index (χ4n) is 3.17. The molecule has 100 valence electrons. The quantitative estimate of drug-likeness (QED) is 0.887. The number of aryl methyl sites for hydroxylation is 1. The minimum Gasteiger partial charge on any atom is -0.373 e. The molecule has 0 spiro atoms. The van der Waals surface area contributed by atoms with E-state index >= 15 is 0 Å². The zero-order chi connectivity index (χ0) is 13.5. The van der Waals surface area contributed by atoms with E-state index in [-0.39, 0.29) is 11.6 Å². The Labute approximate surface area is 114 Å². The third kappa shape index (κ3) is 2.05. The minimum atomic E-state index is -0.227. The summed E-state index contributed by atoms with van der Waals surface area (Å²) in [4.78, 5) is 0. The summed E-state index contributed by atoms with van der Waals surface area (Å²) < 4.78 is 5.94. The highest BCUT2D eigenvalue weighted by Crippen LogP contribution is 2.39. The highest BCUT2D eigenvalue weighted by molar-refractivity contribution is 5.87. The smallest absolute Gasteiger partial charge is 0.0847 e. The molecule has 3 rings (SSSR count). The van der Waals surface area contributed by atoms with Crippen LogP contribution in [-0.4, -0.2) is 12.2 Å². The zero-order valence-electron chi connectivity index (χ0n) is 11.6. The summed E-state index contributed by atoms with van der Waals surface area (Å²) in [6.45, 7) is 5.11. The standard InChI is InChI=1S/C17H21NO/c1-12-8-9-13-6-3-4-7-14(13)15(12)16(18)17(2)10-5-11-19-17/h3-4,6-9,16H,5,10-11,18H2,1-2H3. The van der Waals surface area contributed by atoms with Crippen molar-refractivity contribution in [1.29, 1.82) is 0 Å². The van der Waals surface area contributed by atoms with Gasteiger partial charge >= 0.3 is 0 Å². The van der Waals surface area contributed by atoms with Gasteiger partial charge in [-0.2, -0.15) is 0 Å². The van der Waals surface area contributed by atoms with E-state index in [1.165, 1.54) is 21.9 Å². The van der Waals surface area contributed by atoms with Gasteiger partial charge in [-0.05, 0) is 48.6 Å². The molecule has 1 fully saturated rings. The summed E-state index contributed by atoms with van der Waals surface area (Å²) in [5.41, 5.74) is 8.84. The molecule has 0 aromatic heterocycles. The van der Waals surface area contributed by atoms with E-state index in [9.17, 15) is 0 Å². The fourth-order valence-corrected chi connectivity index (χ4v) is 3.17. The van der Waals surface area contributed by atoms with E-state index in [1.54, 1.807) is 0 Å². The molecule has 2 N–H and O–H groups in total. The molecule has 0 amide bonds. The predicted octanol–water partition coefficient (Wildman–Crippen LogP) is 3.72. The maximum absolute atomic E-state index is 6.58. The average molecular weight is 255 g/mol. The molecule has 2 unspecified atom stereocenters. The van der Waals surface area contributed by atoms with Gasteiger partial charge in [0.15, 0.2) is 0 Å². The predicted molar refractivity (Wildman–Crippen MR) is 79.2 cm³/mol. The lowest BCUT2D eigenvalue weighted by atomic mass is 9.84. The molecule has 1 aliphatic heterocycles. The Balaban J connectivity index is 2.16. The maximum Gasteiger partial charge on any atom is 0.0847 e. The molecule has 2 atom stereocenters. The molecule has 19 heavy (non-hydrogen) atoms. The number of ether oxygens (including phenoxy) is 1. The van der Waals surface area contributed by atoms with Gasteiger partial charge in [-0.3, -0.25) is 0 Å². The van der Waals surface area contributed by atoms with Crippen LogP contribution in [0.25, 0.3) is 10.8 Å². The summed E-state index contributed by atoms with van der Waals surface area (Å²) in [6, 6.07) is 12.7. The SMILES string of the molecule is Cc1ccc2ccccc2c1C(N)C1(C)CCCO1. The Bertz CT molecular complexity index is 599. The monoisotopic (exact) mass is 255 g/mol. The third-order valence-electron chi connectivity index (χ3n) is 4.41. The van der Waals surface area contributed by atoms with Crippen LogP contribution in [0.4, 0.5) is 0 Å². The molecule has 1 heterocycles. The van der Waals surface area contributed by atoms with Crippen LogP contribution in [0.5, 0.6) is 0 Å². The highest BCUT2D eigenvalue weighted by atomic mass is 16.5. The van der Waals surface area contributed by atoms with Gasteiger partial charge in [-0.15, -0.1) is 0 Å². The largest absolute Gasteiger partial charge is 0.373 e. The molecule has 2 heteroatoms. The minimum absolute atomic E-state index is 0.0684. The van der Waals surface area contributed by atoms with Gasteiger partial charge in [0.1, 0.15) is 0 Å². The molecule has 2 aromatic rings. The van der Waals surface area contributed by atoms with Gasteiger partial charge in [0.05, 0.1) is 11.6 Å². The lowest BCUT2D eigenvalue weighted by Gasteiger charge is -2.32. The van der Waals surface area contributed by atoms with Crippen LogP contribution in [0.15, 0.2) is 36.4 Å². The Morgan fingerprint density at radius 3 is 2.74 bits per heavy atom. The van der Waals surface area contributed by atoms with Crippen LogP contribution < -0.4 is 5.73 Å². The molecule has 0 radical (unpaired) electrons. The zero-order valence-corrected chi connectivity index (χ0v) is 11.6. The molecule has 1 saturated heterocycles. The van der Waals surface area contributed by atoms with Gasteiger partial charge in [-0.25, -0.2) is 0 Å². The van der Waals surface area contributed by atoms with Crippen LogP contribution in [0.3, 0.4) is 0 Å². The second kappa shape index (κ2) is 4.62. The number of nitrogens with two attached hydrogens (primary N) is 1. The normalized spacial score (nSPS) is 24.8. The summed E-state index contributed by atoms with van der Waals surface area (Å²) in [6.07, 6.45) is 2.14. The highest BCUT2D eigenvalue weighted by Gasteiger charge is 2.38. The number of fused-ring (bicyclic) bond motifs is 1. The topological polar surface area (TPSA) is 35.2 Å². The number of hydrogen-bond donors (Lipinski definition) is 1. The van der Waals surface area contributed by atoms with Crippen molar-refractivity contribution in [3.8, 4) is 0 Å². The van der Waals surface area contributed by atoms with Crippen LogP contribution in [0, 0.1) is 6.92 Å².